The number of anilines is 1. The molecule has 1 amide bonds. The Morgan fingerprint density at radius 1 is 1.50 bits per heavy atom. The van der Waals surface area contributed by atoms with E-state index in [1.54, 1.807) is 32.0 Å². The average molecular weight is 258 g/mol. The molecule has 1 aromatic rings. The Balaban J connectivity index is 2.75. The molecule has 3 nitrogen and oxygen atoms in total. The molecule has 0 aliphatic carbocycles. The fourth-order valence-corrected chi connectivity index (χ4v) is 0.963. The number of alkyl halides is 1. The van der Waals surface area contributed by atoms with E-state index in [9.17, 15) is 4.79 Å². The van der Waals surface area contributed by atoms with E-state index in [2.05, 4.69) is 21.2 Å². The molecule has 0 saturated carbocycles. The van der Waals surface area contributed by atoms with Gasteiger partial charge in [-0.1, -0.05) is 22.0 Å². The Bertz CT molecular complexity index is 344. The first kappa shape index (κ1) is 11.0. The van der Waals surface area contributed by atoms with Crippen LogP contribution in [-0.4, -0.2) is 15.3 Å². The van der Waals surface area contributed by atoms with Gasteiger partial charge in [0.2, 0.25) is 5.91 Å². The van der Waals surface area contributed by atoms with E-state index in [0.29, 0.717) is 5.69 Å². The number of carbonyl (C=O) groups is 1. The van der Waals surface area contributed by atoms with Gasteiger partial charge in [-0.3, -0.25) is 4.79 Å². The van der Waals surface area contributed by atoms with E-state index in [1.807, 2.05) is 0 Å². The fourth-order valence-electron chi connectivity index (χ4n) is 0.863. The molecule has 0 aliphatic rings. The van der Waals surface area contributed by atoms with Crippen LogP contribution >= 0.6 is 15.9 Å². The maximum absolute atomic E-state index is 11.5. The van der Waals surface area contributed by atoms with Crippen molar-refractivity contribution < 1.29 is 9.90 Å². The summed E-state index contributed by atoms with van der Waals surface area (Å²) in [5.41, 5.74) is 0.586. The summed E-state index contributed by atoms with van der Waals surface area (Å²) in [5, 5.41) is 11.8. The van der Waals surface area contributed by atoms with Gasteiger partial charge in [-0.15, -0.1) is 0 Å². The van der Waals surface area contributed by atoms with Crippen LogP contribution in [0.2, 0.25) is 0 Å². The van der Waals surface area contributed by atoms with Gasteiger partial charge in [0.1, 0.15) is 5.75 Å². The number of hydrogen-bond donors (Lipinski definition) is 2. The highest BCUT2D eigenvalue weighted by atomic mass is 79.9. The van der Waals surface area contributed by atoms with Gasteiger partial charge in [0, 0.05) is 11.8 Å². The molecule has 76 valence electrons. The molecule has 0 fully saturated rings. The molecular weight excluding hydrogens is 246 g/mol. The predicted octanol–water partition coefficient (Wildman–Crippen LogP) is 2.50. The Morgan fingerprint density at radius 3 is 2.64 bits per heavy atom. The molecule has 0 aliphatic heterocycles. The van der Waals surface area contributed by atoms with Gasteiger partial charge in [0.25, 0.3) is 0 Å². The summed E-state index contributed by atoms with van der Waals surface area (Å²) < 4.78 is -0.613. The van der Waals surface area contributed by atoms with Crippen molar-refractivity contribution in [2.24, 2.45) is 0 Å². The van der Waals surface area contributed by atoms with Crippen LogP contribution in [0.5, 0.6) is 5.75 Å². The first-order valence-electron chi connectivity index (χ1n) is 4.19. The standard InChI is InChI=1S/C10H12BrNO2/c1-10(2,11)9(14)12-7-4-3-5-8(13)6-7/h3-6,13H,1-2H3,(H,12,14). The monoisotopic (exact) mass is 257 g/mol. The van der Waals surface area contributed by atoms with E-state index in [4.69, 9.17) is 5.11 Å². The third-order valence-electron chi connectivity index (χ3n) is 1.64. The minimum atomic E-state index is -0.613. The lowest BCUT2D eigenvalue weighted by atomic mass is 10.2. The Morgan fingerprint density at radius 2 is 2.14 bits per heavy atom. The fraction of sp³-hybridized carbons (Fsp3) is 0.300. The maximum atomic E-state index is 11.5. The van der Waals surface area contributed by atoms with Crippen LogP contribution in [0.3, 0.4) is 0 Å². The van der Waals surface area contributed by atoms with Gasteiger partial charge >= 0.3 is 0 Å². The lowest BCUT2D eigenvalue weighted by molar-refractivity contribution is -0.117. The van der Waals surface area contributed by atoms with Crippen LogP contribution in [0, 0.1) is 0 Å². The number of halogens is 1. The van der Waals surface area contributed by atoms with Crippen LogP contribution in [0.1, 0.15) is 13.8 Å². The maximum Gasteiger partial charge on any atom is 0.240 e. The summed E-state index contributed by atoms with van der Waals surface area (Å²) in [6, 6.07) is 6.44. The van der Waals surface area contributed by atoms with Gasteiger partial charge in [-0.05, 0) is 26.0 Å². The number of benzene rings is 1. The summed E-state index contributed by atoms with van der Waals surface area (Å²) >= 11 is 3.25. The number of carbonyl (C=O) groups excluding carboxylic acids is 1. The van der Waals surface area contributed by atoms with Gasteiger partial charge in [-0.2, -0.15) is 0 Å². The zero-order valence-corrected chi connectivity index (χ0v) is 9.63. The van der Waals surface area contributed by atoms with Crippen molar-refractivity contribution in [2.75, 3.05) is 5.32 Å². The van der Waals surface area contributed by atoms with Crippen molar-refractivity contribution in [3.63, 3.8) is 0 Å². The lowest BCUT2D eigenvalue weighted by Crippen LogP contribution is -2.30. The second-order valence-electron chi connectivity index (χ2n) is 3.48. The largest absolute Gasteiger partial charge is 0.508 e. The van der Waals surface area contributed by atoms with Gasteiger partial charge < -0.3 is 10.4 Å². The summed E-state index contributed by atoms with van der Waals surface area (Å²) in [7, 11) is 0. The zero-order valence-electron chi connectivity index (χ0n) is 8.04. The van der Waals surface area contributed by atoms with Crippen LogP contribution < -0.4 is 5.32 Å². The van der Waals surface area contributed by atoms with Gasteiger partial charge in [0.05, 0.1) is 4.32 Å². The normalized spacial score (nSPS) is 11.1. The molecule has 0 spiro atoms. The quantitative estimate of drug-likeness (QED) is 0.801. The van der Waals surface area contributed by atoms with Crippen molar-refractivity contribution in [2.45, 2.75) is 18.2 Å². The molecule has 0 atom stereocenters. The number of phenolic OH excluding ortho intramolecular Hbond substituents is 1. The number of amides is 1. The van der Waals surface area contributed by atoms with Crippen LogP contribution in [0.15, 0.2) is 24.3 Å². The molecule has 14 heavy (non-hydrogen) atoms. The predicted molar refractivity (Wildman–Crippen MR) is 59.7 cm³/mol. The Hall–Kier alpha value is -1.03. The van der Waals surface area contributed by atoms with Crippen LogP contribution in [-0.2, 0) is 4.79 Å². The third kappa shape index (κ3) is 3.03. The molecule has 0 bridgehead atoms. The minimum Gasteiger partial charge on any atom is -0.508 e. The highest BCUT2D eigenvalue weighted by Gasteiger charge is 2.23. The van der Waals surface area contributed by atoms with Crippen LogP contribution in [0.4, 0.5) is 5.69 Å². The number of phenols is 1. The first-order chi connectivity index (χ1) is 6.39. The molecule has 0 unspecified atom stereocenters. The van der Waals surface area contributed by atoms with Crippen molar-refractivity contribution in [1.29, 1.82) is 0 Å². The van der Waals surface area contributed by atoms with Crippen molar-refractivity contribution >= 4 is 27.5 Å². The minimum absolute atomic E-state index is 0.134. The average Bonchev–Trinajstić information content (AvgIpc) is 2.02. The molecule has 2 N–H and O–H groups in total. The van der Waals surface area contributed by atoms with Crippen molar-refractivity contribution in [1.82, 2.24) is 0 Å². The highest BCUT2D eigenvalue weighted by molar-refractivity contribution is 9.10. The zero-order chi connectivity index (χ0) is 10.8. The van der Waals surface area contributed by atoms with Crippen molar-refractivity contribution in [3.8, 4) is 5.75 Å². The summed E-state index contributed by atoms with van der Waals surface area (Å²) in [4.78, 5) is 11.5. The molecule has 4 heteroatoms. The molecular formula is C10H12BrNO2. The highest BCUT2D eigenvalue weighted by Crippen LogP contribution is 2.20. The number of nitrogens with one attached hydrogen (secondary N) is 1. The van der Waals surface area contributed by atoms with E-state index in [1.165, 1.54) is 6.07 Å². The molecule has 0 aromatic heterocycles. The summed E-state index contributed by atoms with van der Waals surface area (Å²) in [5.74, 6) is -0.0155. The topological polar surface area (TPSA) is 49.3 Å². The Labute approximate surface area is 91.3 Å². The molecule has 0 radical (unpaired) electrons. The van der Waals surface area contributed by atoms with Crippen LogP contribution in [0.25, 0.3) is 0 Å². The molecule has 0 heterocycles. The second-order valence-corrected chi connectivity index (χ2v) is 5.46. The molecule has 0 saturated heterocycles. The first-order valence-corrected chi connectivity index (χ1v) is 4.98. The molecule has 1 rings (SSSR count). The van der Waals surface area contributed by atoms with E-state index < -0.39 is 4.32 Å². The summed E-state index contributed by atoms with van der Waals surface area (Å²) in [6.07, 6.45) is 0. The number of aromatic hydroxyl groups is 1. The number of hydrogen-bond acceptors (Lipinski definition) is 2. The Kier molecular flexibility index (Phi) is 3.16. The number of rotatable bonds is 2. The second kappa shape index (κ2) is 4.00. The molecule has 1 aromatic carbocycles. The van der Waals surface area contributed by atoms with Gasteiger partial charge in [-0.25, -0.2) is 0 Å². The van der Waals surface area contributed by atoms with Crippen molar-refractivity contribution in [3.05, 3.63) is 24.3 Å². The smallest absolute Gasteiger partial charge is 0.240 e. The van der Waals surface area contributed by atoms with E-state index in [-0.39, 0.29) is 11.7 Å². The SMILES string of the molecule is CC(C)(Br)C(=O)Nc1cccc(O)c1. The third-order valence-corrected chi connectivity index (χ3v) is 2.00. The lowest BCUT2D eigenvalue weighted by Gasteiger charge is -2.15. The van der Waals surface area contributed by atoms with E-state index in [0.717, 1.165) is 0 Å². The van der Waals surface area contributed by atoms with E-state index >= 15 is 0 Å². The summed E-state index contributed by atoms with van der Waals surface area (Å²) in [6.45, 7) is 3.51. The van der Waals surface area contributed by atoms with Gasteiger partial charge in [0.15, 0.2) is 0 Å².